The van der Waals surface area contributed by atoms with E-state index in [1.807, 2.05) is 13.1 Å². The lowest BCUT2D eigenvalue weighted by atomic mass is 10.2. The maximum atomic E-state index is 3.62. The zero-order chi connectivity index (χ0) is 13.0. The molecule has 3 heteroatoms. The minimum absolute atomic E-state index is 0.871. The van der Waals surface area contributed by atoms with Gasteiger partial charge in [-0.1, -0.05) is 40.2 Å². The fourth-order valence-electron chi connectivity index (χ4n) is 1.88. The molecule has 0 fully saturated rings. The molecule has 2 aromatic rings. The Bertz CT molecular complexity index is 511. The highest BCUT2D eigenvalue weighted by atomic mass is 79.9. The molecular formula is C15H17BrN2. The summed E-state index contributed by atoms with van der Waals surface area (Å²) in [5.41, 5.74) is 3.63. The van der Waals surface area contributed by atoms with Crippen LogP contribution >= 0.6 is 15.9 Å². The van der Waals surface area contributed by atoms with Crippen molar-refractivity contribution in [2.24, 2.45) is 0 Å². The quantitative estimate of drug-likeness (QED) is 0.920. The molecular weight excluding hydrogens is 288 g/mol. The van der Waals surface area contributed by atoms with Gasteiger partial charge in [0, 0.05) is 29.4 Å². The van der Waals surface area contributed by atoms with Crippen molar-refractivity contribution in [3.63, 3.8) is 0 Å². The number of rotatable bonds is 4. The van der Waals surface area contributed by atoms with Crippen LogP contribution in [0.5, 0.6) is 0 Å². The van der Waals surface area contributed by atoms with Gasteiger partial charge in [0.1, 0.15) is 0 Å². The van der Waals surface area contributed by atoms with Crippen LogP contribution in [0.15, 0.2) is 53.0 Å². The van der Waals surface area contributed by atoms with Crippen LogP contribution in [-0.4, -0.2) is 14.1 Å². The number of halogens is 1. The molecule has 0 radical (unpaired) electrons. The van der Waals surface area contributed by atoms with Crippen LogP contribution in [0.1, 0.15) is 5.56 Å². The number of anilines is 2. The van der Waals surface area contributed by atoms with Crippen LogP contribution in [0, 0.1) is 0 Å². The van der Waals surface area contributed by atoms with Crippen LogP contribution in [-0.2, 0) is 6.54 Å². The Morgan fingerprint density at radius 3 is 2.39 bits per heavy atom. The van der Waals surface area contributed by atoms with Crippen molar-refractivity contribution < 1.29 is 0 Å². The van der Waals surface area contributed by atoms with Crippen molar-refractivity contribution in [2.75, 3.05) is 19.0 Å². The standard InChI is InChI=1S/C15H17BrN2/c1-17-11-12-8-9-14(10-15(12)16)18(2)13-6-4-3-5-7-13/h3-10,17H,11H2,1-2H3. The highest BCUT2D eigenvalue weighted by Crippen LogP contribution is 2.28. The number of benzene rings is 2. The van der Waals surface area contributed by atoms with E-state index in [9.17, 15) is 0 Å². The zero-order valence-corrected chi connectivity index (χ0v) is 12.2. The average molecular weight is 305 g/mol. The highest BCUT2D eigenvalue weighted by molar-refractivity contribution is 9.10. The molecule has 0 aliphatic heterocycles. The smallest absolute Gasteiger partial charge is 0.0419 e. The van der Waals surface area contributed by atoms with E-state index >= 15 is 0 Å². The molecule has 0 amide bonds. The minimum atomic E-state index is 0.871. The van der Waals surface area contributed by atoms with Gasteiger partial charge in [0.15, 0.2) is 0 Å². The lowest BCUT2D eigenvalue weighted by Gasteiger charge is -2.20. The van der Waals surface area contributed by atoms with Crippen molar-refractivity contribution in [3.8, 4) is 0 Å². The van der Waals surface area contributed by atoms with Crippen molar-refractivity contribution >= 4 is 27.3 Å². The molecule has 0 saturated carbocycles. The van der Waals surface area contributed by atoms with E-state index in [1.165, 1.54) is 16.9 Å². The van der Waals surface area contributed by atoms with Gasteiger partial charge in [-0.3, -0.25) is 0 Å². The third-order valence-corrected chi connectivity index (χ3v) is 3.67. The molecule has 0 bridgehead atoms. The second kappa shape index (κ2) is 6.03. The molecule has 0 aliphatic carbocycles. The molecule has 0 saturated heterocycles. The Kier molecular flexibility index (Phi) is 4.39. The molecule has 94 valence electrons. The number of nitrogens with one attached hydrogen (secondary N) is 1. The Morgan fingerprint density at radius 1 is 1.06 bits per heavy atom. The summed E-state index contributed by atoms with van der Waals surface area (Å²) in [7, 11) is 4.03. The molecule has 0 aliphatic rings. The fraction of sp³-hybridized carbons (Fsp3) is 0.200. The molecule has 2 nitrogen and oxygen atoms in total. The summed E-state index contributed by atoms with van der Waals surface area (Å²) in [6.07, 6.45) is 0. The first-order chi connectivity index (χ1) is 8.72. The van der Waals surface area contributed by atoms with Crippen LogP contribution in [0.4, 0.5) is 11.4 Å². The monoisotopic (exact) mass is 304 g/mol. The summed E-state index contributed by atoms with van der Waals surface area (Å²) in [4.78, 5) is 2.17. The number of para-hydroxylation sites is 1. The van der Waals surface area contributed by atoms with E-state index in [-0.39, 0.29) is 0 Å². The first-order valence-electron chi connectivity index (χ1n) is 5.94. The molecule has 2 rings (SSSR count). The number of nitrogens with zero attached hydrogens (tertiary/aromatic N) is 1. The zero-order valence-electron chi connectivity index (χ0n) is 10.7. The van der Waals surface area contributed by atoms with Crippen LogP contribution in [0.3, 0.4) is 0 Å². The summed E-state index contributed by atoms with van der Waals surface area (Å²) in [5.74, 6) is 0. The van der Waals surface area contributed by atoms with Gasteiger partial charge in [0.05, 0.1) is 0 Å². The highest BCUT2D eigenvalue weighted by Gasteiger charge is 2.06. The second-order valence-corrected chi connectivity index (χ2v) is 5.05. The van der Waals surface area contributed by atoms with E-state index in [0.29, 0.717) is 0 Å². The third-order valence-electron chi connectivity index (χ3n) is 2.93. The largest absolute Gasteiger partial charge is 0.345 e. The second-order valence-electron chi connectivity index (χ2n) is 4.20. The lowest BCUT2D eigenvalue weighted by Crippen LogP contribution is -2.10. The van der Waals surface area contributed by atoms with Crippen molar-refractivity contribution in [3.05, 3.63) is 58.6 Å². The topological polar surface area (TPSA) is 15.3 Å². The summed E-state index contributed by atoms with van der Waals surface area (Å²) < 4.78 is 1.14. The van der Waals surface area contributed by atoms with Crippen LogP contribution < -0.4 is 10.2 Å². The molecule has 0 atom stereocenters. The summed E-state index contributed by atoms with van der Waals surface area (Å²) in [6, 6.07) is 16.8. The maximum absolute atomic E-state index is 3.62. The van der Waals surface area contributed by atoms with Crippen molar-refractivity contribution in [1.29, 1.82) is 0 Å². The molecule has 1 N–H and O–H groups in total. The van der Waals surface area contributed by atoms with Gasteiger partial charge in [-0.15, -0.1) is 0 Å². The molecule has 0 aromatic heterocycles. The first kappa shape index (κ1) is 13.1. The molecule has 0 heterocycles. The fourth-order valence-corrected chi connectivity index (χ4v) is 2.39. The molecule has 0 unspecified atom stereocenters. The Balaban J connectivity index is 2.26. The summed E-state index contributed by atoms with van der Waals surface area (Å²) in [5, 5.41) is 3.16. The van der Waals surface area contributed by atoms with Crippen molar-refractivity contribution in [2.45, 2.75) is 6.54 Å². The molecule has 18 heavy (non-hydrogen) atoms. The van der Waals surface area contributed by atoms with Crippen LogP contribution in [0.2, 0.25) is 0 Å². The van der Waals surface area contributed by atoms with Gasteiger partial charge in [-0.25, -0.2) is 0 Å². The van der Waals surface area contributed by atoms with Crippen LogP contribution in [0.25, 0.3) is 0 Å². The Labute approximate surface area is 117 Å². The minimum Gasteiger partial charge on any atom is -0.345 e. The molecule has 2 aromatic carbocycles. The number of hydrogen-bond acceptors (Lipinski definition) is 2. The van der Waals surface area contributed by atoms with Gasteiger partial charge >= 0.3 is 0 Å². The lowest BCUT2D eigenvalue weighted by molar-refractivity contribution is 0.814. The van der Waals surface area contributed by atoms with Gasteiger partial charge in [0.25, 0.3) is 0 Å². The molecule has 0 spiro atoms. The van der Waals surface area contributed by atoms with Crippen molar-refractivity contribution in [1.82, 2.24) is 5.32 Å². The SMILES string of the molecule is CNCc1ccc(N(C)c2ccccc2)cc1Br. The van der Waals surface area contributed by atoms with E-state index in [4.69, 9.17) is 0 Å². The normalized spacial score (nSPS) is 10.4. The van der Waals surface area contributed by atoms with E-state index < -0.39 is 0 Å². The third kappa shape index (κ3) is 2.92. The average Bonchev–Trinajstić information content (AvgIpc) is 2.41. The first-order valence-corrected chi connectivity index (χ1v) is 6.73. The van der Waals surface area contributed by atoms with Gasteiger partial charge in [-0.2, -0.15) is 0 Å². The van der Waals surface area contributed by atoms with E-state index in [0.717, 1.165) is 11.0 Å². The Hall–Kier alpha value is -1.32. The van der Waals surface area contributed by atoms with Gasteiger partial charge in [0.2, 0.25) is 0 Å². The summed E-state index contributed by atoms with van der Waals surface area (Å²) >= 11 is 3.62. The predicted molar refractivity (Wildman–Crippen MR) is 81.4 cm³/mol. The Morgan fingerprint density at radius 2 is 1.78 bits per heavy atom. The predicted octanol–water partition coefficient (Wildman–Crippen LogP) is 3.94. The van der Waals surface area contributed by atoms with Gasteiger partial charge in [-0.05, 0) is 36.9 Å². The van der Waals surface area contributed by atoms with E-state index in [2.05, 4.69) is 75.7 Å². The van der Waals surface area contributed by atoms with Gasteiger partial charge < -0.3 is 10.2 Å². The van der Waals surface area contributed by atoms with E-state index in [1.54, 1.807) is 0 Å². The number of hydrogen-bond donors (Lipinski definition) is 1. The maximum Gasteiger partial charge on any atom is 0.0419 e. The summed E-state index contributed by atoms with van der Waals surface area (Å²) in [6.45, 7) is 0.871.